The number of amides is 1. The first-order valence-electron chi connectivity index (χ1n) is 7.19. The summed E-state index contributed by atoms with van der Waals surface area (Å²) in [5.74, 6) is 6.52. The van der Waals surface area contributed by atoms with Gasteiger partial charge in [-0.3, -0.25) is 9.48 Å². The van der Waals surface area contributed by atoms with Crippen molar-refractivity contribution in [1.82, 2.24) is 9.78 Å². The minimum absolute atomic E-state index is 0.189. The van der Waals surface area contributed by atoms with Crippen LogP contribution in [0.3, 0.4) is 0 Å². The van der Waals surface area contributed by atoms with Crippen LogP contribution in [0.5, 0.6) is 0 Å². The van der Waals surface area contributed by atoms with Crippen molar-refractivity contribution in [1.29, 1.82) is 0 Å². The van der Waals surface area contributed by atoms with E-state index in [2.05, 4.69) is 22.3 Å². The van der Waals surface area contributed by atoms with Crippen molar-refractivity contribution < 1.29 is 4.79 Å². The summed E-state index contributed by atoms with van der Waals surface area (Å²) in [5.41, 5.74) is 2.40. The molecule has 23 heavy (non-hydrogen) atoms. The molecule has 0 aliphatic carbocycles. The van der Waals surface area contributed by atoms with Gasteiger partial charge in [0.2, 0.25) is 0 Å². The average molecular weight is 301 g/mol. The first kappa shape index (κ1) is 14.6. The van der Waals surface area contributed by atoms with Gasteiger partial charge in [0.05, 0.1) is 0 Å². The summed E-state index contributed by atoms with van der Waals surface area (Å²) in [5, 5.41) is 6.87. The lowest BCUT2D eigenvalue weighted by molar-refractivity contribution is 0.102. The zero-order chi connectivity index (χ0) is 16.1. The Morgan fingerprint density at radius 3 is 2.22 bits per heavy atom. The van der Waals surface area contributed by atoms with Crippen LogP contribution >= 0.6 is 0 Å². The molecular formula is C19H15N3O. The van der Waals surface area contributed by atoms with E-state index in [0.717, 1.165) is 11.1 Å². The van der Waals surface area contributed by atoms with Crippen molar-refractivity contribution in [2.45, 2.75) is 0 Å². The number of aromatic nitrogens is 2. The fourth-order valence-electron chi connectivity index (χ4n) is 2.04. The van der Waals surface area contributed by atoms with Crippen molar-refractivity contribution >= 4 is 11.7 Å². The van der Waals surface area contributed by atoms with E-state index in [4.69, 9.17) is 0 Å². The van der Waals surface area contributed by atoms with Crippen LogP contribution in [-0.2, 0) is 7.05 Å². The molecule has 0 unspecified atom stereocenters. The smallest absolute Gasteiger partial charge is 0.256 e. The molecule has 0 atom stereocenters. The van der Waals surface area contributed by atoms with E-state index in [1.54, 1.807) is 36.1 Å². The van der Waals surface area contributed by atoms with Crippen LogP contribution in [0.15, 0.2) is 66.9 Å². The van der Waals surface area contributed by atoms with E-state index in [1.807, 2.05) is 42.5 Å². The molecule has 4 heteroatoms. The van der Waals surface area contributed by atoms with Crippen LogP contribution in [0.4, 0.5) is 5.82 Å². The lowest BCUT2D eigenvalue weighted by Crippen LogP contribution is -2.12. The molecular weight excluding hydrogens is 286 g/mol. The standard InChI is InChI=1S/C19H15N3O/c1-22-14-13-18(21-22)20-19(23)17-11-9-16(10-12-17)8-7-15-5-3-2-4-6-15/h2-6,9-14H,1H3,(H,20,21,23). The first-order chi connectivity index (χ1) is 11.2. The molecule has 0 saturated carbocycles. The summed E-state index contributed by atoms with van der Waals surface area (Å²) in [7, 11) is 1.80. The number of rotatable bonds is 2. The van der Waals surface area contributed by atoms with Gasteiger partial charge in [0.1, 0.15) is 0 Å². The van der Waals surface area contributed by atoms with Gasteiger partial charge >= 0.3 is 0 Å². The van der Waals surface area contributed by atoms with Crippen LogP contribution < -0.4 is 5.32 Å². The summed E-state index contributed by atoms with van der Waals surface area (Å²) in [6.45, 7) is 0. The number of nitrogens with zero attached hydrogens (tertiary/aromatic N) is 2. The van der Waals surface area contributed by atoms with Gasteiger partial charge in [-0.05, 0) is 36.4 Å². The number of anilines is 1. The van der Waals surface area contributed by atoms with Crippen LogP contribution in [0.1, 0.15) is 21.5 Å². The SMILES string of the molecule is Cn1ccc(NC(=O)c2ccc(C#Cc3ccccc3)cc2)n1. The number of aryl methyl sites for hydroxylation is 1. The minimum Gasteiger partial charge on any atom is -0.305 e. The number of hydrogen-bond donors (Lipinski definition) is 1. The molecule has 1 N–H and O–H groups in total. The molecule has 3 rings (SSSR count). The molecule has 0 spiro atoms. The highest BCUT2D eigenvalue weighted by molar-refractivity contribution is 6.03. The predicted molar refractivity (Wildman–Crippen MR) is 90.0 cm³/mol. The molecule has 0 fully saturated rings. The van der Waals surface area contributed by atoms with Crippen molar-refractivity contribution in [3.8, 4) is 11.8 Å². The maximum atomic E-state index is 12.1. The number of hydrogen-bond acceptors (Lipinski definition) is 2. The summed E-state index contributed by atoms with van der Waals surface area (Å²) >= 11 is 0. The highest BCUT2D eigenvalue weighted by atomic mass is 16.1. The van der Waals surface area contributed by atoms with Gasteiger partial charge in [-0.1, -0.05) is 30.0 Å². The van der Waals surface area contributed by atoms with E-state index in [9.17, 15) is 4.79 Å². The van der Waals surface area contributed by atoms with Crippen LogP contribution in [0.2, 0.25) is 0 Å². The van der Waals surface area contributed by atoms with Crippen LogP contribution in [0.25, 0.3) is 0 Å². The number of nitrogens with one attached hydrogen (secondary N) is 1. The highest BCUT2D eigenvalue weighted by Gasteiger charge is 2.07. The van der Waals surface area contributed by atoms with E-state index in [1.165, 1.54) is 0 Å². The largest absolute Gasteiger partial charge is 0.305 e. The molecule has 0 radical (unpaired) electrons. The number of carbonyl (C=O) groups excluding carboxylic acids is 1. The number of benzene rings is 2. The van der Waals surface area contributed by atoms with Gasteiger partial charge in [0, 0.05) is 36.0 Å². The quantitative estimate of drug-likeness (QED) is 0.739. The lowest BCUT2D eigenvalue weighted by Gasteiger charge is -2.02. The summed E-state index contributed by atoms with van der Waals surface area (Å²) in [6, 6.07) is 18.7. The van der Waals surface area contributed by atoms with E-state index in [0.29, 0.717) is 11.4 Å². The molecule has 0 saturated heterocycles. The Bertz CT molecular complexity index is 868. The Balaban J connectivity index is 1.69. The number of carbonyl (C=O) groups is 1. The second-order valence-electron chi connectivity index (χ2n) is 5.02. The molecule has 1 heterocycles. The van der Waals surface area contributed by atoms with Gasteiger partial charge < -0.3 is 5.32 Å². The highest BCUT2D eigenvalue weighted by Crippen LogP contribution is 2.08. The van der Waals surface area contributed by atoms with Crippen LogP contribution in [0, 0.1) is 11.8 Å². The van der Waals surface area contributed by atoms with E-state index < -0.39 is 0 Å². The maximum absolute atomic E-state index is 12.1. The van der Waals surface area contributed by atoms with Crippen molar-refractivity contribution in [3.63, 3.8) is 0 Å². The Labute approximate surface area is 134 Å². The summed E-state index contributed by atoms with van der Waals surface area (Å²) in [6.07, 6.45) is 1.78. The average Bonchev–Trinajstić information content (AvgIpc) is 2.99. The Morgan fingerprint density at radius 1 is 0.957 bits per heavy atom. The van der Waals surface area contributed by atoms with Crippen molar-refractivity contribution in [2.24, 2.45) is 7.05 Å². The van der Waals surface area contributed by atoms with E-state index in [-0.39, 0.29) is 5.91 Å². The van der Waals surface area contributed by atoms with Crippen LogP contribution in [-0.4, -0.2) is 15.7 Å². The Morgan fingerprint density at radius 2 is 1.61 bits per heavy atom. The monoisotopic (exact) mass is 301 g/mol. The molecule has 0 aliphatic rings. The Hall–Kier alpha value is -3.32. The molecule has 4 nitrogen and oxygen atoms in total. The summed E-state index contributed by atoms with van der Waals surface area (Å²) < 4.78 is 1.64. The molecule has 0 aliphatic heterocycles. The topological polar surface area (TPSA) is 46.9 Å². The molecule has 1 aromatic heterocycles. The second kappa shape index (κ2) is 6.63. The molecule has 3 aromatic rings. The van der Waals surface area contributed by atoms with Gasteiger partial charge in [0.15, 0.2) is 5.82 Å². The van der Waals surface area contributed by atoms with Crippen molar-refractivity contribution in [3.05, 3.63) is 83.6 Å². The molecule has 112 valence electrons. The zero-order valence-electron chi connectivity index (χ0n) is 12.7. The normalized spacial score (nSPS) is 9.78. The first-order valence-corrected chi connectivity index (χ1v) is 7.19. The zero-order valence-corrected chi connectivity index (χ0v) is 12.7. The summed E-state index contributed by atoms with van der Waals surface area (Å²) in [4.78, 5) is 12.1. The van der Waals surface area contributed by atoms with Gasteiger partial charge in [-0.15, -0.1) is 0 Å². The van der Waals surface area contributed by atoms with Gasteiger partial charge in [0.25, 0.3) is 5.91 Å². The lowest BCUT2D eigenvalue weighted by atomic mass is 10.1. The second-order valence-corrected chi connectivity index (χ2v) is 5.02. The molecule has 0 bridgehead atoms. The maximum Gasteiger partial charge on any atom is 0.256 e. The van der Waals surface area contributed by atoms with Gasteiger partial charge in [-0.25, -0.2) is 0 Å². The van der Waals surface area contributed by atoms with Gasteiger partial charge in [-0.2, -0.15) is 5.10 Å². The van der Waals surface area contributed by atoms with E-state index >= 15 is 0 Å². The Kier molecular flexibility index (Phi) is 4.21. The minimum atomic E-state index is -0.189. The molecule has 1 amide bonds. The fraction of sp³-hybridized carbons (Fsp3) is 0.0526. The molecule has 2 aromatic carbocycles. The third-order valence-corrected chi connectivity index (χ3v) is 3.23. The van der Waals surface area contributed by atoms with Crippen molar-refractivity contribution in [2.75, 3.05) is 5.32 Å². The third-order valence-electron chi connectivity index (χ3n) is 3.23. The third kappa shape index (κ3) is 3.86. The predicted octanol–water partition coefficient (Wildman–Crippen LogP) is 3.07. The fourth-order valence-corrected chi connectivity index (χ4v) is 2.04.